The zero-order chi connectivity index (χ0) is 23.5. The maximum absolute atomic E-state index is 9.28. The maximum atomic E-state index is 9.28. The van der Waals surface area contributed by atoms with Gasteiger partial charge in [-0.25, -0.2) is 9.97 Å². The Kier molecular flexibility index (Phi) is 5.97. The van der Waals surface area contributed by atoms with Gasteiger partial charge in [0.15, 0.2) is 5.65 Å². The van der Waals surface area contributed by atoms with Crippen LogP contribution in [-0.4, -0.2) is 64.8 Å². The van der Waals surface area contributed by atoms with Crippen molar-refractivity contribution in [1.82, 2.24) is 24.4 Å². The normalized spacial score (nSPS) is 14.2. The molecule has 34 heavy (non-hydrogen) atoms. The highest BCUT2D eigenvalue weighted by Crippen LogP contribution is 2.33. The van der Waals surface area contributed by atoms with E-state index >= 15 is 0 Å². The molecule has 2 aromatic carbocycles. The molecule has 2 aromatic heterocycles. The van der Waals surface area contributed by atoms with E-state index in [4.69, 9.17) is 14.5 Å². The summed E-state index contributed by atoms with van der Waals surface area (Å²) in [6, 6.07) is 17.9. The minimum Gasteiger partial charge on any atom is -0.497 e. The minimum absolute atomic E-state index is 0.137. The average Bonchev–Trinajstić information content (AvgIpc) is 3.26. The summed E-state index contributed by atoms with van der Waals surface area (Å²) in [5, 5.41) is 9.28. The van der Waals surface area contributed by atoms with Crippen LogP contribution in [-0.2, 0) is 6.54 Å². The van der Waals surface area contributed by atoms with Gasteiger partial charge >= 0.3 is 0 Å². The Bertz CT molecular complexity index is 1340. The molecule has 172 valence electrons. The number of hydrogen-bond acceptors (Lipinski definition) is 8. The van der Waals surface area contributed by atoms with E-state index in [1.807, 2.05) is 59.2 Å². The third kappa shape index (κ3) is 4.11. The lowest BCUT2D eigenvalue weighted by Crippen LogP contribution is -2.46. The number of ether oxygens (including phenoxy) is 2. The molecular formula is C25H25N7O2. The number of imidazole rings is 1. The van der Waals surface area contributed by atoms with Gasteiger partial charge in [0.1, 0.15) is 28.9 Å². The van der Waals surface area contributed by atoms with Gasteiger partial charge in [0.25, 0.3) is 0 Å². The van der Waals surface area contributed by atoms with E-state index in [1.165, 1.54) is 0 Å². The van der Waals surface area contributed by atoms with Gasteiger partial charge in [0.05, 0.1) is 32.6 Å². The van der Waals surface area contributed by atoms with Crippen molar-refractivity contribution in [2.24, 2.45) is 0 Å². The number of fused-ring (bicyclic) bond motifs is 1. The second kappa shape index (κ2) is 9.37. The predicted molar refractivity (Wildman–Crippen MR) is 128 cm³/mol. The standard InChI is InChI=1S/C25H25N7O2/c1-33-19-8-9-21(22(14-19)34-2)31-12-10-30(11-13-31)17-24-28-20-16-27-23(15-26)29-25(20)32(24)18-6-4-3-5-7-18/h3-9,14,16H,10-13,17H2,1-2H3. The number of para-hydroxylation sites is 1. The molecule has 9 heteroatoms. The number of rotatable bonds is 6. The summed E-state index contributed by atoms with van der Waals surface area (Å²) in [5.41, 5.74) is 3.36. The largest absolute Gasteiger partial charge is 0.497 e. The summed E-state index contributed by atoms with van der Waals surface area (Å²) in [6.45, 7) is 4.16. The molecule has 1 aliphatic heterocycles. The number of hydrogen-bond donors (Lipinski definition) is 0. The summed E-state index contributed by atoms with van der Waals surface area (Å²) >= 11 is 0. The van der Waals surface area contributed by atoms with Gasteiger partial charge in [-0.3, -0.25) is 9.47 Å². The Morgan fingerprint density at radius 3 is 2.47 bits per heavy atom. The van der Waals surface area contributed by atoms with Crippen molar-refractivity contribution in [3.8, 4) is 23.3 Å². The van der Waals surface area contributed by atoms with Crippen LogP contribution in [0.2, 0.25) is 0 Å². The van der Waals surface area contributed by atoms with Gasteiger partial charge in [-0.1, -0.05) is 18.2 Å². The SMILES string of the molecule is COc1ccc(N2CCN(Cc3nc4cnc(C#N)nc4n3-c3ccccc3)CC2)c(OC)c1. The Morgan fingerprint density at radius 1 is 0.971 bits per heavy atom. The first kappa shape index (κ1) is 21.7. The van der Waals surface area contributed by atoms with E-state index in [1.54, 1.807) is 20.4 Å². The fourth-order valence-corrected chi connectivity index (χ4v) is 4.32. The molecule has 0 N–H and O–H groups in total. The van der Waals surface area contributed by atoms with Crippen LogP contribution >= 0.6 is 0 Å². The molecule has 0 radical (unpaired) electrons. The number of nitriles is 1. The molecule has 0 spiro atoms. The monoisotopic (exact) mass is 455 g/mol. The van der Waals surface area contributed by atoms with Crippen LogP contribution in [0, 0.1) is 11.3 Å². The lowest BCUT2D eigenvalue weighted by Gasteiger charge is -2.36. The van der Waals surface area contributed by atoms with Gasteiger partial charge < -0.3 is 14.4 Å². The summed E-state index contributed by atoms with van der Waals surface area (Å²) in [6.07, 6.45) is 1.62. The topological polar surface area (TPSA) is 92.3 Å². The van der Waals surface area contributed by atoms with E-state index in [9.17, 15) is 5.26 Å². The molecule has 5 rings (SSSR count). The minimum atomic E-state index is 0.137. The zero-order valence-corrected chi connectivity index (χ0v) is 19.2. The Morgan fingerprint density at radius 2 is 1.76 bits per heavy atom. The van der Waals surface area contributed by atoms with E-state index in [0.29, 0.717) is 17.7 Å². The number of nitrogens with zero attached hydrogens (tertiary/aromatic N) is 7. The van der Waals surface area contributed by atoms with E-state index in [-0.39, 0.29) is 5.82 Å². The van der Waals surface area contributed by atoms with Crippen LogP contribution in [0.5, 0.6) is 11.5 Å². The van der Waals surface area contributed by atoms with E-state index in [0.717, 1.165) is 54.9 Å². The Balaban J connectivity index is 1.38. The van der Waals surface area contributed by atoms with E-state index < -0.39 is 0 Å². The second-order valence-electron chi connectivity index (χ2n) is 8.01. The van der Waals surface area contributed by atoms with Crippen LogP contribution in [0.25, 0.3) is 16.9 Å². The molecule has 9 nitrogen and oxygen atoms in total. The number of anilines is 1. The van der Waals surface area contributed by atoms with Crippen molar-refractivity contribution in [2.45, 2.75) is 6.54 Å². The lowest BCUT2D eigenvalue weighted by molar-refractivity contribution is 0.242. The molecule has 0 atom stereocenters. The molecule has 3 heterocycles. The smallest absolute Gasteiger partial charge is 0.234 e. The van der Waals surface area contributed by atoms with Crippen LogP contribution in [0.4, 0.5) is 5.69 Å². The molecule has 1 saturated heterocycles. The van der Waals surface area contributed by atoms with Gasteiger partial charge in [0, 0.05) is 37.9 Å². The fraction of sp³-hybridized carbons (Fsp3) is 0.280. The molecule has 0 bridgehead atoms. The number of benzene rings is 2. The van der Waals surface area contributed by atoms with Crippen molar-refractivity contribution < 1.29 is 9.47 Å². The zero-order valence-electron chi connectivity index (χ0n) is 19.2. The molecule has 0 unspecified atom stereocenters. The molecule has 0 amide bonds. The Hall–Kier alpha value is -4.16. The predicted octanol–water partition coefficient (Wildman–Crippen LogP) is 3.03. The molecule has 1 fully saturated rings. The highest BCUT2D eigenvalue weighted by Gasteiger charge is 2.23. The number of piperazine rings is 1. The van der Waals surface area contributed by atoms with Gasteiger partial charge in [-0.05, 0) is 24.3 Å². The first-order chi connectivity index (χ1) is 16.7. The first-order valence-corrected chi connectivity index (χ1v) is 11.1. The molecule has 1 aliphatic rings. The fourth-order valence-electron chi connectivity index (χ4n) is 4.32. The first-order valence-electron chi connectivity index (χ1n) is 11.1. The third-order valence-electron chi connectivity index (χ3n) is 6.05. The summed E-state index contributed by atoms with van der Waals surface area (Å²) in [5.74, 6) is 2.60. The van der Waals surface area contributed by atoms with Gasteiger partial charge in [-0.2, -0.15) is 10.2 Å². The van der Waals surface area contributed by atoms with E-state index in [2.05, 4.69) is 19.8 Å². The van der Waals surface area contributed by atoms with Crippen LogP contribution in [0.1, 0.15) is 11.6 Å². The van der Waals surface area contributed by atoms with Crippen molar-refractivity contribution in [2.75, 3.05) is 45.3 Å². The maximum Gasteiger partial charge on any atom is 0.234 e. The van der Waals surface area contributed by atoms with Crippen molar-refractivity contribution in [3.05, 3.63) is 66.4 Å². The number of methoxy groups -OCH3 is 2. The lowest BCUT2D eigenvalue weighted by atomic mass is 10.2. The molecule has 0 saturated carbocycles. The number of aromatic nitrogens is 4. The van der Waals surface area contributed by atoms with Crippen molar-refractivity contribution in [3.63, 3.8) is 0 Å². The summed E-state index contributed by atoms with van der Waals surface area (Å²) in [4.78, 5) is 18.1. The summed E-state index contributed by atoms with van der Waals surface area (Å²) < 4.78 is 12.9. The van der Waals surface area contributed by atoms with Gasteiger partial charge in [0.2, 0.25) is 5.82 Å². The molecule has 4 aromatic rings. The highest BCUT2D eigenvalue weighted by atomic mass is 16.5. The Labute approximate surface area is 197 Å². The summed E-state index contributed by atoms with van der Waals surface area (Å²) in [7, 11) is 3.34. The van der Waals surface area contributed by atoms with Crippen molar-refractivity contribution in [1.29, 1.82) is 5.26 Å². The van der Waals surface area contributed by atoms with Crippen molar-refractivity contribution >= 4 is 16.9 Å². The molecule has 0 aliphatic carbocycles. The van der Waals surface area contributed by atoms with Crippen LogP contribution in [0.3, 0.4) is 0 Å². The second-order valence-corrected chi connectivity index (χ2v) is 8.01. The van der Waals surface area contributed by atoms with Crippen LogP contribution in [0.15, 0.2) is 54.7 Å². The molecular weight excluding hydrogens is 430 g/mol. The quantitative estimate of drug-likeness (QED) is 0.438. The third-order valence-corrected chi connectivity index (χ3v) is 6.05. The van der Waals surface area contributed by atoms with Crippen LogP contribution < -0.4 is 14.4 Å². The van der Waals surface area contributed by atoms with Gasteiger partial charge in [-0.15, -0.1) is 0 Å². The highest BCUT2D eigenvalue weighted by molar-refractivity contribution is 5.73. The average molecular weight is 456 g/mol.